The van der Waals surface area contributed by atoms with Gasteiger partial charge in [-0.1, -0.05) is 0 Å². The van der Waals surface area contributed by atoms with Crippen LogP contribution in [-0.2, 0) is 11.2 Å². The van der Waals surface area contributed by atoms with Gasteiger partial charge in [0.15, 0.2) is 0 Å². The molecule has 0 saturated carbocycles. The van der Waals surface area contributed by atoms with Gasteiger partial charge in [0.2, 0.25) is 5.91 Å². The molecule has 1 heterocycles. The molecule has 96 valence electrons. The molecule has 0 aliphatic rings. The Bertz CT molecular complexity index is 350. The molecule has 0 fully saturated rings. The first-order valence-corrected chi connectivity index (χ1v) is 7.51. The van der Waals surface area contributed by atoms with Gasteiger partial charge < -0.3 is 10.2 Å². The Labute approximate surface area is 115 Å². The number of thiophene rings is 1. The number of rotatable bonds is 7. The number of hydrogen-bond acceptors (Lipinski definition) is 3. The minimum absolute atomic E-state index is 0.183. The number of carbonyl (C=O) groups excluding carboxylic acids is 1. The second-order valence-electron chi connectivity index (χ2n) is 3.70. The first kappa shape index (κ1) is 14.7. The highest BCUT2D eigenvalue weighted by molar-refractivity contribution is 9.11. The average molecular weight is 319 g/mol. The van der Waals surface area contributed by atoms with E-state index in [-0.39, 0.29) is 5.91 Å². The minimum atomic E-state index is 0.183. The summed E-state index contributed by atoms with van der Waals surface area (Å²) in [7, 11) is 0. The van der Waals surface area contributed by atoms with E-state index >= 15 is 0 Å². The van der Waals surface area contributed by atoms with Crippen LogP contribution >= 0.6 is 27.3 Å². The fraction of sp³-hybridized carbons (Fsp3) is 0.583. The molecule has 1 N–H and O–H groups in total. The van der Waals surface area contributed by atoms with Gasteiger partial charge >= 0.3 is 0 Å². The monoisotopic (exact) mass is 318 g/mol. The number of amides is 1. The molecule has 0 saturated heterocycles. The van der Waals surface area contributed by atoms with Crippen molar-refractivity contribution < 1.29 is 4.79 Å². The second-order valence-corrected chi connectivity index (χ2v) is 6.25. The highest BCUT2D eigenvalue weighted by Crippen LogP contribution is 2.21. The highest BCUT2D eigenvalue weighted by Gasteiger charge is 2.08. The van der Waals surface area contributed by atoms with Gasteiger partial charge in [-0.05, 0) is 48.3 Å². The zero-order valence-electron chi connectivity index (χ0n) is 10.3. The summed E-state index contributed by atoms with van der Waals surface area (Å²) in [5.74, 6) is 0.183. The first-order chi connectivity index (χ1) is 8.17. The van der Waals surface area contributed by atoms with Gasteiger partial charge in [-0.3, -0.25) is 4.79 Å². The Morgan fingerprint density at radius 3 is 2.65 bits per heavy atom. The van der Waals surface area contributed by atoms with E-state index in [0.717, 1.165) is 29.8 Å². The molecule has 0 aliphatic heterocycles. The van der Waals surface area contributed by atoms with E-state index in [2.05, 4.69) is 33.4 Å². The molecule has 0 aliphatic carbocycles. The fourth-order valence-electron chi connectivity index (χ4n) is 1.58. The number of nitrogens with zero attached hydrogens (tertiary/aromatic N) is 1. The van der Waals surface area contributed by atoms with Crippen LogP contribution in [0.4, 0.5) is 0 Å². The minimum Gasteiger partial charge on any atom is -0.342 e. The van der Waals surface area contributed by atoms with Crippen molar-refractivity contribution >= 4 is 33.2 Å². The average Bonchev–Trinajstić information content (AvgIpc) is 2.72. The third-order valence-electron chi connectivity index (χ3n) is 2.57. The largest absolute Gasteiger partial charge is 0.342 e. The Morgan fingerprint density at radius 1 is 1.41 bits per heavy atom. The van der Waals surface area contributed by atoms with Crippen molar-refractivity contribution in [2.45, 2.75) is 20.3 Å². The van der Waals surface area contributed by atoms with E-state index in [0.29, 0.717) is 6.54 Å². The second kappa shape index (κ2) is 7.84. The van der Waals surface area contributed by atoms with Crippen LogP contribution in [0, 0.1) is 0 Å². The molecule has 1 rings (SSSR count). The van der Waals surface area contributed by atoms with Crippen LogP contribution in [0.5, 0.6) is 0 Å². The molecule has 17 heavy (non-hydrogen) atoms. The lowest BCUT2D eigenvalue weighted by Gasteiger charge is -2.18. The van der Waals surface area contributed by atoms with Crippen LogP contribution in [0.1, 0.15) is 18.7 Å². The molecule has 5 heteroatoms. The molecular formula is C12H19BrN2OS. The van der Waals surface area contributed by atoms with Crippen molar-refractivity contribution in [1.29, 1.82) is 0 Å². The summed E-state index contributed by atoms with van der Waals surface area (Å²) in [5, 5.41) is 3.19. The maximum Gasteiger partial charge on any atom is 0.236 e. The predicted molar refractivity (Wildman–Crippen MR) is 76.5 cm³/mol. The van der Waals surface area contributed by atoms with E-state index in [1.807, 2.05) is 18.7 Å². The van der Waals surface area contributed by atoms with Crippen LogP contribution < -0.4 is 5.32 Å². The number of carbonyl (C=O) groups is 1. The zero-order chi connectivity index (χ0) is 12.7. The number of halogens is 1. The van der Waals surface area contributed by atoms with Crippen molar-refractivity contribution in [1.82, 2.24) is 10.2 Å². The zero-order valence-corrected chi connectivity index (χ0v) is 12.7. The molecule has 0 aromatic carbocycles. The van der Waals surface area contributed by atoms with E-state index < -0.39 is 0 Å². The molecule has 3 nitrogen and oxygen atoms in total. The molecule has 0 unspecified atom stereocenters. The molecule has 0 atom stereocenters. The van der Waals surface area contributed by atoms with Crippen molar-refractivity contribution in [3.63, 3.8) is 0 Å². The van der Waals surface area contributed by atoms with Crippen molar-refractivity contribution in [2.75, 3.05) is 26.2 Å². The Kier molecular flexibility index (Phi) is 6.77. The quantitative estimate of drug-likeness (QED) is 0.783. The molecule has 0 spiro atoms. The van der Waals surface area contributed by atoms with Crippen LogP contribution in [0.3, 0.4) is 0 Å². The molecular weight excluding hydrogens is 300 g/mol. The molecule has 0 radical (unpaired) electrons. The van der Waals surface area contributed by atoms with Gasteiger partial charge in [-0.15, -0.1) is 11.3 Å². The van der Waals surface area contributed by atoms with Gasteiger partial charge in [0, 0.05) is 24.5 Å². The summed E-state index contributed by atoms with van der Waals surface area (Å²) in [5.41, 5.74) is 0. The smallest absolute Gasteiger partial charge is 0.236 e. The summed E-state index contributed by atoms with van der Waals surface area (Å²) >= 11 is 5.18. The third kappa shape index (κ3) is 5.19. The van der Waals surface area contributed by atoms with Gasteiger partial charge in [0.05, 0.1) is 10.3 Å². The van der Waals surface area contributed by atoms with Crippen LogP contribution in [0.2, 0.25) is 0 Å². The van der Waals surface area contributed by atoms with Crippen LogP contribution in [0.15, 0.2) is 15.9 Å². The summed E-state index contributed by atoms with van der Waals surface area (Å²) in [6, 6.07) is 4.17. The SMILES string of the molecule is CCN(CC)C(=O)CNCCc1ccc(Br)s1. The molecule has 0 bridgehead atoms. The lowest BCUT2D eigenvalue weighted by atomic mass is 10.3. The Hall–Kier alpha value is -0.390. The van der Waals surface area contributed by atoms with Gasteiger partial charge in [-0.25, -0.2) is 0 Å². The van der Waals surface area contributed by atoms with E-state index in [4.69, 9.17) is 0 Å². The highest BCUT2D eigenvalue weighted by atomic mass is 79.9. The Balaban J connectivity index is 2.17. The van der Waals surface area contributed by atoms with Gasteiger partial charge in [-0.2, -0.15) is 0 Å². The first-order valence-electron chi connectivity index (χ1n) is 5.90. The molecule has 1 amide bonds. The normalized spacial score (nSPS) is 10.5. The predicted octanol–water partition coefficient (Wildman–Crippen LogP) is 2.51. The van der Waals surface area contributed by atoms with Crippen molar-refractivity contribution in [3.8, 4) is 0 Å². The molecule has 1 aromatic heterocycles. The summed E-state index contributed by atoms with van der Waals surface area (Å²) in [6.07, 6.45) is 0.974. The maximum atomic E-state index is 11.7. The third-order valence-corrected chi connectivity index (χ3v) is 4.25. The van der Waals surface area contributed by atoms with E-state index in [1.165, 1.54) is 4.88 Å². The van der Waals surface area contributed by atoms with Crippen molar-refractivity contribution in [3.05, 3.63) is 20.8 Å². The number of nitrogens with one attached hydrogen (secondary N) is 1. The fourth-order valence-corrected chi connectivity index (χ4v) is 3.06. The standard InChI is InChI=1S/C12H19BrN2OS/c1-3-15(4-2)12(16)9-14-8-7-10-5-6-11(13)17-10/h5-6,14H,3-4,7-9H2,1-2H3. The maximum absolute atomic E-state index is 11.7. The number of likely N-dealkylation sites (N-methyl/N-ethyl adjacent to an activating group) is 1. The lowest BCUT2D eigenvalue weighted by molar-refractivity contribution is -0.129. The van der Waals surface area contributed by atoms with Crippen LogP contribution in [-0.4, -0.2) is 37.0 Å². The Morgan fingerprint density at radius 2 is 2.12 bits per heavy atom. The topological polar surface area (TPSA) is 32.3 Å². The summed E-state index contributed by atoms with van der Waals surface area (Å²) in [6.45, 7) is 6.87. The van der Waals surface area contributed by atoms with Gasteiger partial charge in [0.25, 0.3) is 0 Å². The summed E-state index contributed by atoms with van der Waals surface area (Å²) in [4.78, 5) is 14.9. The van der Waals surface area contributed by atoms with Gasteiger partial charge in [0.1, 0.15) is 0 Å². The van der Waals surface area contributed by atoms with Crippen molar-refractivity contribution in [2.24, 2.45) is 0 Å². The van der Waals surface area contributed by atoms with Crippen LogP contribution in [0.25, 0.3) is 0 Å². The molecule has 1 aromatic rings. The van der Waals surface area contributed by atoms with E-state index in [9.17, 15) is 4.79 Å². The van der Waals surface area contributed by atoms with E-state index in [1.54, 1.807) is 11.3 Å². The summed E-state index contributed by atoms with van der Waals surface area (Å²) < 4.78 is 1.16. The lowest BCUT2D eigenvalue weighted by Crippen LogP contribution is -2.38. The number of hydrogen-bond donors (Lipinski definition) is 1.